The van der Waals surface area contributed by atoms with Gasteiger partial charge in [-0.15, -0.1) is 0 Å². The Bertz CT molecular complexity index is 959. The average Bonchev–Trinajstić information content (AvgIpc) is 3.03. The maximum atomic E-state index is 6.30. The van der Waals surface area contributed by atoms with Crippen LogP contribution in [0.5, 0.6) is 0 Å². The summed E-state index contributed by atoms with van der Waals surface area (Å²) < 4.78 is 8.62. The van der Waals surface area contributed by atoms with Crippen molar-refractivity contribution < 1.29 is 8.99 Å². The maximum absolute atomic E-state index is 6.30. The minimum atomic E-state index is 0.954. The average molecular weight is 349 g/mol. The van der Waals surface area contributed by atoms with Crippen LogP contribution in [0.3, 0.4) is 0 Å². The molecule has 0 aliphatic heterocycles. The van der Waals surface area contributed by atoms with Crippen molar-refractivity contribution in [1.82, 2.24) is 0 Å². The summed E-state index contributed by atoms with van der Waals surface area (Å²) in [6, 6.07) is 12.7. The van der Waals surface area contributed by atoms with Gasteiger partial charge in [0, 0.05) is 29.7 Å². The van der Waals surface area contributed by atoms with Gasteiger partial charge in [-0.2, -0.15) is 4.58 Å². The van der Waals surface area contributed by atoms with Crippen LogP contribution in [0.2, 0.25) is 0 Å². The molecule has 1 heterocycles. The Labute approximate surface area is 156 Å². The number of furan rings is 1. The number of unbranched alkanes of at least 4 members (excludes halogenated alkanes) is 3. The van der Waals surface area contributed by atoms with Crippen molar-refractivity contribution in [3.63, 3.8) is 0 Å². The molecule has 0 amide bonds. The van der Waals surface area contributed by atoms with E-state index in [9.17, 15) is 0 Å². The van der Waals surface area contributed by atoms with Crippen LogP contribution in [-0.4, -0.2) is 10.3 Å². The highest BCUT2D eigenvalue weighted by Gasteiger charge is 2.22. The highest BCUT2D eigenvalue weighted by atomic mass is 16.3. The third-order valence-electron chi connectivity index (χ3n) is 5.12. The van der Waals surface area contributed by atoms with E-state index in [1.807, 2.05) is 6.07 Å². The van der Waals surface area contributed by atoms with E-state index in [2.05, 4.69) is 74.9 Å². The van der Waals surface area contributed by atoms with Gasteiger partial charge in [-0.05, 0) is 38.0 Å². The first-order chi connectivity index (χ1) is 12.7. The smallest absolute Gasteiger partial charge is 0.257 e. The zero-order chi connectivity index (χ0) is 18.5. The van der Waals surface area contributed by atoms with Crippen molar-refractivity contribution in [2.45, 2.75) is 59.8 Å². The lowest BCUT2D eigenvalue weighted by molar-refractivity contribution is -0.361. The van der Waals surface area contributed by atoms with Gasteiger partial charge in [0.25, 0.3) is 5.69 Å². The SMILES string of the molecule is CCCCCC=C[N+](=C(C)CC)c1c(C)ccc2c1oc1ccccc12. The summed E-state index contributed by atoms with van der Waals surface area (Å²) in [6.07, 6.45) is 10.5. The van der Waals surface area contributed by atoms with Crippen LogP contribution in [0.1, 0.15) is 58.4 Å². The fourth-order valence-electron chi connectivity index (χ4n) is 3.43. The summed E-state index contributed by atoms with van der Waals surface area (Å²) in [5.74, 6) is 0. The molecule has 2 aromatic carbocycles. The van der Waals surface area contributed by atoms with Gasteiger partial charge in [-0.1, -0.05) is 51.0 Å². The summed E-state index contributed by atoms with van der Waals surface area (Å²) in [4.78, 5) is 0. The van der Waals surface area contributed by atoms with Crippen LogP contribution in [0, 0.1) is 6.92 Å². The molecule has 26 heavy (non-hydrogen) atoms. The number of allylic oxidation sites excluding steroid dienone is 1. The summed E-state index contributed by atoms with van der Waals surface area (Å²) >= 11 is 0. The van der Waals surface area contributed by atoms with E-state index >= 15 is 0 Å². The normalized spacial score (nSPS) is 13.1. The van der Waals surface area contributed by atoms with Crippen molar-refractivity contribution in [3.8, 4) is 0 Å². The Balaban J connectivity index is 2.14. The van der Waals surface area contributed by atoms with Crippen molar-refractivity contribution >= 4 is 33.3 Å². The molecule has 1 aromatic heterocycles. The van der Waals surface area contributed by atoms with Crippen molar-refractivity contribution in [2.75, 3.05) is 0 Å². The summed E-state index contributed by atoms with van der Waals surface area (Å²) in [6.45, 7) is 8.83. The van der Waals surface area contributed by atoms with Crippen molar-refractivity contribution in [2.24, 2.45) is 0 Å². The highest BCUT2D eigenvalue weighted by molar-refractivity contribution is 6.08. The van der Waals surface area contributed by atoms with Gasteiger partial charge in [0.1, 0.15) is 5.58 Å². The van der Waals surface area contributed by atoms with E-state index in [-0.39, 0.29) is 0 Å². The molecular formula is C24H30NO+. The highest BCUT2D eigenvalue weighted by Crippen LogP contribution is 2.37. The Kier molecular flexibility index (Phi) is 5.92. The molecule has 0 atom stereocenters. The van der Waals surface area contributed by atoms with E-state index in [1.165, 1.54) is 47.0 Å². The molecule has 3 rings (SSSR count). The Morgan fingerprint density at radius 2 is 1.85 bits per heavy atom. The standard InChI is InChI=1S/C24H30NO/c1-5-7-8-9-12-17-25(19(4)6-2)23-18(3)15-16-21-20-13-10-11-14-22(20)26-24(21)23/h10-17H,5-9H2,1-4H3/q+1. The maximum Gasteiger partial charge on any atom is 0.257 e. The first-order valence-corrected chi connectivity index (χ1v) is 9.86. The van der Waals surface area contributed by atoms with E-state index in [1.54, 1.807) is 0 Å². The van der Waals surface area contributed by atoms with Crippen molar-refractivity contribution in [3.05, 3.63) is 54.2 Å². The van der Waals surface area contributed by atoms with E-state index in [0.717, 1.165) is 24.0 Å². The first-order valence-electron chi connectivity index (χ1n) is 9.86. The molecule has 0 N–H and O–H groups in total. The number of benzene rings is 2. The number of rotatable bonds is 7. The van der Waals surface area contributed by atoms with Gasteiger partial charge >= 0.3 is 0 Å². The summed E-state index contributed by atoms with van der Waals surface area (Å²) in [5, 5.41) is 2.37. The monoisotopic (exact) mass is 348 g/mol. The predicted octanol–water partition coefficient (Wildman–Crippen LogP) is 7.50. The van der Waals surface area contributed by atoms with Gasteiger partial charge in [-0.3, -0.25) is 0 Å². The Morgan fingerprint density at radius 1 is 1.04 bits per heavy atom. The third-order valence-corrected chi connectivity index (χ3v) is 5.12. The van der Waals surface area contributed by atoms with Gasteiger partial charge in [-0.25, -0.2) is 0 Å². The van der Waals surface area contributed by atoms with Crippen LogP contribution < -0.4 is 0 Å². The van der Waals surface area contributed by atoms with Gasteiger partial charge in [0.2, 0.25) is 5.58 Å². The summed E-state index contributed by atoms with van der Waals surface area (Å²) in [5.41, 5.74) is 5.67. The van der Waals surface area contributed by atoms with Crippen molar-refractivity contribution in [1.29, 1.82) is 0 Å². The van der Waals surface area contributed by atoms with Crippen LogP contribution >= 0.6 is 0 Å². The second-order valence-electron chi connectivity index (χ2n) is 7.05. The largest absolute Gasteiger partial charge is 0.449 e. The number of fused-ring (bicyclic) bond motifs is 3. The lowest BCUT2D eigenvalue weighted by Crippen LogP contribution is -2.09. The zero-order valence-electron chi connectivity index (χ0n) is 16.5. The third kappa shape index (κ3) is 3.60. The molecule has 2 heteroatoms. The second-order valence-corrected chi connectivity index (χ2v) is 7.05. The minimum Gasteiger partial charge on any atom is -0.449 e. The van der Waals surface area contributed by atoms with Gasteiger partial charge < -0.3 is 4.42 Å². The molecule has 136 valence electrons. The molecule has 0 unspecified atom stereocenters. The molecule has 3 aromatic rings. The Hall–Kier alpha value is -2.35. The predicted molar refractivity (Wildman–Crippen MR) is 113 cm³/mol. The quantitative estimate of drug-likeness (QED) is 0.245. The van der Waals surface area contributed by atoms with Gasteiger partial charge in [0.15, 0.2) is 11.9 Å². The lowest BCUT2D eigenvalue weighted by Gasteiger charge is -2.05. The topological polar surface area (TPSA) is 16.1 Å². The fourth-order valence-corrected chi connectivity index (χ4v) is 3.43. The molecule has 0 fully saturated rings. The summed E-state index contributed by atoms with van der Waals surface area (Å²) in [7, 11) is 0. The molecule has 0 saturated heterocycles. The molecule has 0 aliphatic carbocycles. The van der Waals surface area contributed by atoms with Crippen LogP contribution in [-0.2, 0) is 0 Å². The lowest BCUT2D eigenvalue weighted by atomic mass is 10.1. The number of hydrogen-bond donors (Lipinski definition) is 0. The minimum absolute atomic E-state index is 0.954. The number of aryl methyl sites for hydroxylation is 1. The second kappa shape index (κ2) is 8.35. The molecular weight excluding hydrogens is 318 g/mol. The van der Waals surface area contributed by atoms with Crippen LogP contribution in [0.25, 0.3) is 21.9 Å². The van der Waals surface area contributed by atoms with Gasteiger partial charge in [0.05, 0.1) is 0 Å². The van der Waals surface area contributed by atoms with Crippen LogP contribution in [0.15, 0.2) is 53.1 Å². The zero-order valence-corrected chi connectivity index (χ0v) is 16.5. The molecule has 0 aliphatic rings. The number of nitrogens with zero attached hydrogens (tertiary/aromatic N) is 1. The molecule has 0 spiro atoms. The van der Waals surface area contributed by atoms with Crippen LogP contribution in [0.4, 0.5) is 5.69 Å². The molecule has 2 nitrogen and oxygen atoms in total. The number of hydrogen-bond acceptors (Lipinski definition) is 1. The molecule has 0 radical (unpaired) electrons. The molecule has 0 bridgehead atoms. The fraction of sp³-hybridized carbons (Fsp3) is 0.375. The number of para-hydroxylation sites is 1. The van der Waals surface area contributed by atoms with E-state index in [4.69, 9.17) is 4.42 Å². The Morgan fingerprint density at radius 3 is 2.62 bits per heavy atom. The van der Waals surface area contributed by atoms with E-state index < -0.39 is 0 Å². The first kappa shape index (κ1) is 18.4. The molecule has 0 saturated carbocycles. The van der Waals surface area contributed by atoms with E-state index in [0.29, 0.717) is 0 Å².